The van der Waals surface area contributed by atoms with Crippen LogP contribution in [0.5, 0.6) is 0 Å². The van der Waals surface area contributed by atoms with Crippen molar-refractivity contribution in [3.05, 3.63) is 164 Å². The van der Waals surface area contributed by atoms with Gasteiger partial charge in [-0.25, -0.2) is 0 Å². The van der Waals surface area contributed by atoms with Gasteiger partial charge in [0.25, 0.3) is 0 Å². The highest BCUT2D eigenvalue weighted by molar-refractivity contribution is 6.27. The second kappa shape index (κ2) is 9.29. The Labute approximate surface area is 261 Å². The molecule has 10 rings (SSSR count). The van der Waals surface area contributed by atoms with Crippen molar-refractivity contribution in [3.8, 4) is 22.3 Å². The summed E-state index contributed by atoms with van der Waals surface area (Å²) in [7, 11) is 0. The average molecular weight is 570 g/mol. The minimum absolute atomic E-state index is 1.15. The molecule has 0 aliphatic heterocycles. The van der Waals surface area contributed by atoms with Gasteiger partial charge >= 0.3 is 0 Å². The lowest BCUT2D eigenvalue weighted by Gasteiger charge is -2.28. The molecule has 0 bridgehead atoms. The molecular weight excluding hydrogens is 542 g/mol. The van der Waals surface area contributed by atoms with Crippen LogP contribution < -0.4 is 4.90 Å². The third-order valence-electron chi connectivity index (χ3n) is 9.67. The largest absolute Gasteiger partial charge is 0.310 e. The van der Waals surface area contributed by atoms with E-state index in [9.17, 15) is 0 Å². The quantitative estimate of drug-likeness (QED) is 0.151. The van der Waals surface area contributed by atoms with E-state index in [-0.39, 0.29) is 0 Å². The lowest BCUT2D eigenvalue weighted by molar-refractivity contribution is 1.29. The Kier molecular flexibility index (Phi) is 5.06. The van der Waals surface area contributed by atoms with E-state index in [0.717, 1.165) is 17.1 Å². The van der Waals surface area contributed by atoms with Crippen molar-refractivity contribution < 1.29 is 0 Å². The molecule has 1 aliphatic rings. The molecule has 0 spiro atoms. The maximum atomic E-state index is 2.41. The van der Waals surface area contributed by atoms with Crippen LogP contribution in [0.1, 0.15) is 0 Å². The molecule has 0 heterocycles. The van der Waals surface area contributed by atoms with Gasteiger partial charge in [0.1, 0.15) is 0 Å². The minimum Gasteiger partial charge on any atom is -0.310 e. The molecule has 0 amide bonds. The molecule has 1 nitrogen and oxygen atoms in total. The number of hydrogen-bond donors (Lipinski definition) is 0. The number of hydrogen-bond acceptors (Lipinski definition) is 1. The van der Waals surface area contributed by atoms with Crippen LogP contribution >= 0.6 is 0 Å². The zero-order chi connectivity index (χ0) is 29.5. The highest BCUT2D eigenvalue weighted by Gasteiger charge is 2.24. The van der Waals surface area contributed by atoms with E-state index in [1.807, 2.05) is 0 Å². The number of anilines is 3. The van der Waals surface area contributed by atoms with Gasteiger partial charge < -0.3 is 4.90 Å². The van der Waals surface area contributed by atoms with Crippen molar-refractivity contribution in [2.75, 3.05) is 4.90 Å². The van der Waals surface area contributed by atoms with Crippen molar-refractivity contribution >= 4 is 70.9 Å². The van der Waals surface area contributed by atoms with Gasteiger partial charge in [0.2, 0.25) is 0 Å². The predicted molar refractivity (Wildman–Crippen MR) is 193 cm³/mol. The van der Waals surface area contributed by atoms with E-state index in [1.54, 1.807) is 0 Å². The second-order valence-electron chi connectivity index (χ2n) is 12.2. The number of para-hydroxylation sites is 2. The molecule has 9 aromatic rings. The molecule has 0 unspecified atom stereocenters. The first-order valence-electron chi connectivity index (χ1n) is 15.6. The van der Waals surface area contributed by atoms with Crippen molar-refractivity contribution in [2.24, 2.45) is 0 Å². The van der Waals surface area contributed by atoms with Crippen LogP contribution in [0.25, 0.3) is 76.1 Å². The summed E-state index contributed by atoms with van der Waals surface area (Å²) in [5.74, 6) is 0. The zero-order valence-corrected chi connectivity index (χ0v) is 24.5. The van der Waals surface area contributed by atoms with Gasteiger partial charge in [0.05, 0.1) is 0 Å². The van der Waals surface area contributed by atoms with E-state index >= 15 is 0 Å². The molecule has 208 valence electrons. The number of benzene rings is 9. The van der Waals surface area contributed by atoms with Crippen molar-refractivity contribution in [1.82, 2.24) is 0 Å². The smallest absolute Gasteiger partial charge is 0.0468 e. The van der Waals surface area contributed by atoms with Crippen LogP contribution in [-0.4, -0.2) is 0 Å². The van der Waals surface area contributed by atoms with E-state index in [4.69, 9.17) is 0 Å². The minimum atomic E-state index is 1.15. The SMILES string of the molecule is c1ccc(N(c2ccccc2)c2ccc3cc4c(cc3c2)-c2cc3cc5c6ccccc6c6ccccc6c5cc3cc2-4)cc1. The molecule has 0 N–H and O–H groups in total. The Hall–Kier alpha value is -5.92. The first kappa shape index (κ1) is 24.5. The summed E-state index contributed by atoms with van der Waals surface area (Å²) >= 11 is 0. The lowest BCUT2D eigenvalue weighted by atomic mass is 9.77. The number of fused-ring (bicyclic) bond motifs is 12. The maximum Gasteiger partial charge on any atom is 0.0468 e. The number of nitrogens with zero attached hydrogens (tertiary/aromatic N) is 1. The van der Waals surface area contributed by atoms with Crippen LogP contribution in [0.2, 0.25) is 0 Å². The summed E-state index contributed by atoms with van der Waals surface area (Å²) in [5, 5.41) is 13.0. The highest BCUT2D eigenvalue weighted by Crippen LogP contribution is 2.51. The van der Waals surface area contributed by atoms with Crippen molar-refractivity contribution in [2.45, 2.75) is 0 Å². The summed E-state index contributed by atoms with van der Waals surface area (Å²) in [4.78, 5) is 2.33. The molecular formula is C44H27N. The molecule has 0 saturated carbocycles. The zero-order valence-electron chi connectivity index (χ0n) is 24.5. The fraction of sp³-hybridized carbons (Fsp3) is 0. The van der Waals surface area contributed by atoms with Gasteiger partial charge in [-0.2, -0.15) is 0 Å². The number of rotatable bonds is 3. The molecule has 0 fully saturated rings. The molecule has 45 heavy (non-hydrogen) atoms. The van der Waals surface area contributed by atoms with Gasteiger partial charge in [-0.15, -0.1) is 0 Å². The first-order chi connectivity index (χ1) is 22.3. The van der Waals surface area contributed by atoms with E-state index in [1.165, 1.54) is 76.1 Å². The summed E-state index contributed by atoms with van der Waals surface area (Å²) in [6.45, 7) is 0. The summed E-state index contributed by atoms with van der Waals surface area (Å²) in [6.07, 6.45) is 0. The van der Waals surface area contributed by atoms with Crippen LogP contribution in [0.3, 0.4) is 0 Å². The maximum absolute atomic E-state index is 2.41. The Morgan fingerprint density at radius 3 is 1.09 bits per heavy atom. The van der Waals surface area contributed by atoms with Crippen LogP contribution in [0.4, 0.5) is 17.1 Å². The normalized spacial score (nSPS) is 12.0. The van der Waals surface area contributed by atoms with Crippen LogP contribution in [-0.2, 0) is 0 Å². The lowest BCUT2D eigenvalue weighted by Crippen LogP contribution is -2.09. The fourth-order valence-corrected chi connectivity index (χ4v) is 7.56. The van der Waals surface area contributed by atoms with Gasteiger partial charge in [0, 0.05) is 17.1 Å². The first-order valence-corrected chi connectivity index (χ1v) is 15.6. The average Bonchev–Trinajstić information content (AvgIpc) is 3.11. The van der Waals surface area contributed by atoms with E-state index < -0.39 is 0 Å². The summed E-state index contributed by atoms with van der Waals surface area (Å²) in [6, 6.07) is 60.1. The summed E-state index contributed by atoms with van der Waals surface area (Å²) < 4.78 is 0. The second-order valence-corrected chi connectivity index (χ2v) is 12.2. The van der Waals surface area contributed by atoms with Crippen molar-refractivity contribution in [1.29, 1.82) is 0 Å². The van der Waals surface area contributed by atoms with E-state index in [0.29, 0.717) is 0 Å². The molecule has 0 aromatic heterocycles. The standard InChI is InChI=1S/C44H27N/c1-3-11-32(12-4-1)45(33-13-5-2-6-14-33)34-20-19-28-22-41-42(23-29(28)21-34)44-27-31-25-40-38-18-10-8-16-36(38)35-15-7-9-17-37(35)39(40)24-30(31)26-43(41)44/h1-27H. The molecule has 0 atom stereocenters. The topological polar surface area (TPSA) is 3.24 Å². The third kappa shape index (κ3) is 3.62. The van der Waals surface area contributed by atoms with E-state index in [2.05, 4.69) is 169 Å². The molecule has 9 aromatic carbocycles. The Balaban J connectivity index is 1.14. The molecule has 1 heteroatoms. The highest BCUT2D eigenvalue weighted by atomic mass is 15.1. The van der Waals surface area contributed by atoms with Crippen LogP contribution in [0.15, 0.2) is 164 Å². The third-order valence-corrected chi connectivity index (χ3v) is 9.67. The summed E-state index contributed by atoms with van der Waals surface area (Å²) in [5.41, 5.74) is 8.83. The van der Waals surface area contributed by atoms with Gasteiger partial charge in [-0.3, -0.25) is 0 Å². The Morgan fingerprint density at radius 1 is 0.244 bits per heavy atom. The predicted octanol–water partition coefficient (Wildman–Crippen LogP) is 12.6. The van der Waals surface area contributed by atoms with Crippen molar-refractivity contribution in [3.63, 3.8) is 0 Å². The van der Waals surface area contributed by atoms with Crippen LogP contribution in [0, 0.1) is 0 Å². The Bertz CT molecular complexity index is 2600. The van der Waals surface area contributed by atoms with Gasteiger partial charge in [-0.05, 0) is 149 Å². The fourth-order valence-electron chi connectivity index (χ4n) is 7.56. The van der Waals surface area contributed by atoms with Gasteiger partial charge in [0.15, 0.2) is 0 Å². The molecule has 0 saturated heterocycles. The van der Waals surface area contributed by atoms with Gasteiger partial charge in [-0.1, -0.05) is 91.0 Å². The monoisotopic (exact) mass is 569 g/mol. The molecule has 0 radical (unpaired) electrons. The molecule has 1 aliphatic carbocycles. The Morgan fingerprint density at radius 2 is 0.622 bits per heavy atom.